The Labute approximate surface area is 247 Å². The Bertz CT molecular complexity index is 1400. The third kappa shape index (κ3) is 9.88. The molecule has 3 aromatic carbocycles. The van der Waals surface area contributed by atoms with E-state index in [0.717, 1.165) is 16.8 Å². The number of rotatable bonds is 7. The summed E-state index contributed by atoms with van der Waals surface area (Å²) in [5.74, 6) is 0.979. The normalized spacial score (nSPS) is 11.3. The first kappa shape index (κ1) is 32.1. The fourth-order valence-corrected chi connectivity index (χ4v) is 4.24. The summed E-state index contributed by atoms with van der Waals surface area (Å²) in [4.78, 5) is 16.1. The monoisotopic (exact) mass is 699 g/mol. The molecule has 0 saturated carbocycles. The van der Waals surface area contributed by atoms with Crippen LogP contribution in [0.4, 0.5) is 0 Å². The van der Waals surface area contributed by atoms with E-state index in [0.29, 0.717) is 24.7 Å². The maximum Gasteiger partial charge on any atom is 0.159 e. The molecular formula is C35H40IrNO2-. The molecule has 39 heavy (non-hydrogen) atoms. The van der Waals surface area contributed by atoms with Gasteiger partial charge in [0.25, 0.3) is 0 Å². The summed E-state index contributed by atoms with van der Waals surface area (Å²) in [6.45, 7) is 14.3. The minimum atomic E-state index is 0. The summed E-state index contributed by atoms with van der Waals surface area (Å²) in [6.07, 6.45) is 2.46. The van der Waals surface area contributed by atoms with Gasteiger partial charge in [0.2, 0.25) is 0 Å². The molecule has 0 aliphatic carbocycles. The van der Waals surface area contributed by atoms with Gasteiger partial charge in [0.05, 0.1) is 11.3 Å². The second kappa shape index (κ2) is 14.9. The molecule has 0 atom stereocenters. The number of aliphatic hydroxyl groups excluding tert-OH is 1. The van der Waals surface area contributed by atoms with Gasteiger partial charge in [-0.2, -0.15) is 0 Å². The van der Waals surface area contributed by atoms with E-state index in [1.807, 2.05) is 33.8 Å². The van der Waals surface area contributed by atoms with Crippen LogP contribution in [0.15, 0.2) is 78.6 Å². The fraction of sp³-hybridized carbons (Fsp3) is 0.314. The van der Waals surface area contributed by atoms with Crippen LogP contribution >= 0.6 is 0 Å². The average molecular weight is 699 g/mol. The molecule has 0 amide bonds. The number of benzene rings is 3. The molecule has 0 fully saturated rings. The Morgan fingerprint density at radius 1 is 0.846 bits per heavy atom. The van der Waals surface area contributed by atoms with Crippen LogP contribution in [0.1, 0.15) is 57.2 Å². The third-order valence-electron chi connectivity index (χ3n) is 6.13. The summed E-state index contributed by atoms with van der Waals surface area (Å²) >= 11 is 0. The van der Waals surface area contributed by atoms with E-state index in [2.05, 4.69) is 87.5 Å². The predicted octanol–water partition coefficient (Wildman–Crippen LogP) is 9.38. The van der Waals surface area contributed by atoms with Crippen molar-refractivity contribution in [2.24, 2.45) is 11.8 Å². The number of fused-ring (bicyclic) bond motifs is 1. The van der Waals surface area contributed by atoms with Crippen LogP contribution in [0.25, 0.3) is 33.3 Å². The van der Waals surface area contributed by atoms with Gasteiger partial charge < -0.3 is 5.11 Å². The van der Waals surface area contributed by atoms with Crippen molar-refractivity contribution in [3.05, 3.63) is 101 Å². The van der Waals surface area contributed by atoms with Crippen molar-refractivity contribution in [1.29, 1.82) is 0 Å². The van der Waals surface area contributed by atoms with Crippen LogP contribution in [-0.2, 0) is 24.9 Å². The van der Waals surface area contributed by atoms with Crippen molar-refractivity contribution < 1.29 is 30.0 Å². The molecule has 207 valence electrons. The van der Waals surface area contributed by atoms with Crippen LogP contribution in [-0.4, -0.2) is 15.9 Å². The van der Waals surface area contributed by atoms with Crippen LogP contribution in [0.3, 0.4) is 0 Å². The molecule has 1 heterocycles. The minimum Gasteiger partial charge on any atom is -0.512 e. The number of hydrogen-bond acceptors (Lipinski definition) is 3. The zero-order valence-corrected chi connectivity index (χ0v) is 26.5. The van der Waals surface area contributed by atoms with E-state index >= 15 is 0 Å². The number of hydrogen-bond donors (Lipinski definition) is 1. The fourth-order valence-electron chi connectivity index (χ4n) is 4.24. The van der Waals surface area contributed by atoms with E-state index in [-0.39, 0.29) is 31.6 Å². The summed E-state index contributed by atoms with van der Waals surface area (Å²) in [5.41, 5.74) is 9.18. The molecule has 0 unspecified atom stereocenters. The SMILES string of the molecule is CC(C)CC(=O)/C=C(\O)CC(C)C.Cc1c[c-]c(-c2cc(-c3ccc(C)cc3)c3cc(C)ccc3n2)cc1.[Ir]. The van der Waals surface area contributed by atoms with Gasteiger partial charge in [-0.3, -0.25) is 9.78 Å². The Morgan fingerprint density at radius 3 is 2.05 bits per heavy atom. The van der Waals surface area contributed by atoms with E-state index in [4.69, 9.17) is 4.98 Å². The predicted molar refractivity (Wildman–Crippen MR) is 160 cm³/mol. The third-order valence-corrected chi connectivity index (χ3v) is 6.13. The Morgan fingerprint density at radius 2 is 1.46 bits per heavy atom. The number of aryl methyl sites for hydroxylation is 3. The zero-order chi connectivity index (χ0) is 27.8. The van der Waals surface area contributed by atoms with E-state index in [1.54, 1.807) is 0 Å². The summed E-state index contributed by atoms with van der Waals surface area (Å²) in [7, 11) is 0. The van der Waals surface area contributed by atoms with Crippen LogP contribution in [0.5, 0.6) is 0 Å². The number of allylic oxidation sites excluding steroid dienone is 2. The molecule has 4 rings (SSSR count). The zero-order valence-electron chi connectivity index (χ0n) is 24.1. The molecule has 4 aromatic rings. The number of pyridine rings is 1. The minimum absolute atomic E-state index is 0. The van der Waals surface area contributed by atoms with Gasteiger partial charge in [0.15, 0.2) is 5.78 Å². The topological polar surface area (TPSA) is 50.2 Å². The first-order chi connectivity index (χ1) is 18.0. The summed E-state index contributed by atoms with van der Waals surface area (Å²) in [6, 6.07) is 26.9. The standard InChI is InChI=1S/C24H20N.C11H20O2.Ir/c1-16-4-9-19(10-5-16)21-15-24(20-11-6-17(2)7-12-20)25-23-13-8-18(3)14-22(21)23;1-8(2)5-10(12)7-11(13)6-9(3)4;/h4-11,13-15H,1-3H3;7-9,12H,5-6H2,1-4H3;/q-1;;/b;10-7-;. The first-order valence-electron chi connectivity index (χ1n) is 13.4. The van der Waals surface area contributed by atoms with E-state index in [9.17, 15) is 9.90 Å². The van der Waals surface area contributed by atoms with Gasteiger partial charge in [0.1, 0.15) is 0 Å². The molecule has 0 saturated heterocycles. The number of ketones is 1. The van der Waals surface area contributed by atoms with E-state index in [1.165, 1.54) is 39.3 Å². The Kier molecular flexibility index (Phi) is 12.3. The average Bonchev–Trinajstić information content (AvgIpc) is 2.84. The maximum atomic E-state index is 11.2. The molecule has 0 bridgehead atoms. The number of aromatic nitrogens is 1. The number of carbonyl (C=O) groups is 1. The molecular weight excluding hydrogens is 659 g/mol. The summed E-state index contributed by atoms with van der Waals surface area (Å²) < 4.78 is 0. The number of aliphatic hydroxyl groups is 1. The number of carbonyl (C=O) groups excluding carboxylic acids is 1. The van der Waals surface area contributed by atoms with Crippen molar-refractivity contribution in [2.75, 3.05) is 0 Å². The van der Waals surface area contributed by atoms with Crippen LogP contribution in [0, 0.1) is 38.7 Å². The molecule has 0 aliphatic heterocycles. The molecule has 4 heteroatoms. The van der Waals surface area contributed by atoms with Crippen LogP contribution < -0.4 is 0 Å². The molecule has 3 nitrogen and oxygen atoms in total. The van der Waals surface area contributed by atoms with Crippen molar-refractivity contribution in [1.82, 2.24) is 4.98 Å². The van der Waals surface area contributed by atoms with Crippen molar-refractivity contribution in [2.45, 2.75) is 61.3 Å². The van der Waals surface area contributed by atoms with Crippen molar-refractivity contribution in [3.8, 4) is 22.4 Å². The van der Waals surface area contributed by atoms with Gasteiger partial charge >= 0.3 is 0 Å². The molecule has 1 N–H and O–H groups in total. The van der Waals surface area contributed by atoms with E-state index < -0.39 is 0 Å². The molecule has 1 radical (unpaired) electrons. The van der Waals surface area contributed by atoms with Crippen molar-refractivity contribution >= 4 is 16.7 Å². The van der Waals surface area contributed by atoms with Gasteiger partial charge in [-0.25, -0.2) is 0 Å². The Hall–Kier alpha value is -3.07. The Balaban J connectivity index is 0.000000328. The molecule has 0 aliphatic rings. The smallest absolute Gasteiger partial charge is 0.159 e. The van der Waals surface area contributed by atoms with Gasteiger partial charge in [0, 0.05) is 44.4 Å². The van der Waals surface area contributed by atoms with Gasteiger partial charge in [-0.05, 0) is 54.6 Å². The van der Waals surface area contributed by atoms with Gasteiger partial charge in [-0.15, -0.1) is 35.4 Å². The molecule has 1 aromatic heterocycles. The van der Waals surface area contributed by atoms with Crippen LogP contribution in [0.2, 0.25) is 0 Å². The quantitative estimate of drug-likeness (QED) is 0.119. The molecule has 0 spiro atoms. The second-order valence-corrected chi connectivity index (χ2v) is 11.0. The number of nitrogens with zero attached hydrogens (tertiary/aromatic N) is 1. The first-order valence-corrected chi connectivity index (χ1v) is 13.4. The van der Waals surface area contributed by atoms with Gasteiger partial charge in [-0.1, -0.05) is 82.1 Å². The summed E-state index contributed by atoms with van der Waals surface area (Å²) in [5, 5.41) is 10.5. The largest absolute Gasteiger partial charge is 0.512 e. The second-order valence-electron chi connectivity index (χ2n) is 11.0. The maximum absolute atomic E-state index is 11.2. The van der Waals surface area contributed by atoms with Crippen molar-refractivity contribution in [3.63, 3.8) is 0 Å².